The van der Waals surface area contributed by atoms with Gasteiger partial charge in [0.05, 0.1) is 0 Å². The second-order valence-electron chi connectivity index (χ2n) is 3.23. The van der Waals surface area contributed by atoms with Crippen LogP contribution in [-0.2, 0) is 0 Å². The van der Waals surface area contributed by atoms with Crippen molar-refractivity contribution in [2.24, 2.45) is 0 Å². The third kappa shape index (κ3) is 2.61. The predicted molar refractivity (Wildman–Crippen MR) is 60.3 cm³/mol. The average molecular weight is 226 g/mol. The van der Waals surface area contributed by atoms with Crippen LogP contribution in [0.5, 0.6) is 0 Å². The smallest absolute Gasteiger partial charge is 0.302 e. The molecule has 1 heterocycles. The van der Waals surface area contributed by atoms with Crippen molar-refractivity contribution in [2.75, 3.05) is 0 Å². The molecule has 0 radical (unpaired) electrons. The average Bonchev–Trinajstić information content (AvgIpc) is 2.16. The van der Waals surface area contributed by atoms with E-state index in [9.17, 15) is 0 Å². The van der Waals surface area contributed by atoms with Gasteiger partial charge >= 0.3 is 29.6 Å². The fourth-order valence-electron chi connectivity index (χ4n) is 1.33. The van der Waals surface area contributed by atoms with Crippen LogP contribution in [0.3, 0.4) is 0 Å². The van der Waals surface area contributed by atoms with Crippen molar-refractivity contribution >= 4 is 28.1 Å². The van der Waals surface area contributed by atoms with E-state index in [0.717, 1.165) is 22.0 Å². The Morgan fingerprint density at radius 2 is 2.27 bits per heavy atom. The topological polar surface area (TPSA) is 12.9 Å². The molecule has 0 bridgehead atoms. The Hall–Kier alpha value is -0.340. The Morgan fingerprint density at radius 1 is 1.53 bits per heavy atom. The second kappa shape index (κ2) is 5.13. The van der Waals surface area contributed by atoms with Gasteiger partial charge in [0.1, 0.15) is 5.15 Å². The molecule has 0 amide bonds. The number of hydrogen-bond acceptors (Lipinski definition) is 1. The summed E-state index contributed by atoms with van der Waals surface area (Å²) in [5, 5.41) is 1.57. The van der Waals surface area contributed by atoms with E-state index >= 15 is 0 Å². The third-order valence-electron chi connectivity index (χ3n) is 2.08. The van der Waals surface area contributed by atoms with Gasteiger partial charge in [-0.1, -0.05) is 24.2 Å². The first-order valence-corrected chi connectivity index (χ1v) is 4.68. The van der Waals surface area contributed by atoms with Crippen LogP contribution in [0.25, 0.3) is 16.5 Å². The van der Waals surface area contributed by atoms with E-state index in [0.29, 0.717) is 5.15 Å². The first-order valence-electron chi connectivity index (χ1n) is 4.31. The fraction of sp³-hybridized carbons (Fsp3) is 0.0833. The van der Waals surface area contributed by atoms with Gasteiger partial charge in [-0.3, -0.25) is 0 Å². The first kappa shape index (κ1) is 12.7. The van der Waals surface area contributed by atoms with Crippen LogP contribution < -0.4 is 29.6 Å². The van der Waals surface area contributed by atoms with Gasteiger partial charge in [-0.25, -0.2) is 0 Å². The van der Waals surface area contributed by atoms with E-state index in [1.165, 1.54) is 0 Å². The van der Waals surface area contributed by atoms with Gasteiger partial charge in [-0.05, 0) is 18.0 Å². The monoisotopic (exact) mass is 225 g/mol. The molecule has 0 aliphatic carbocycles. The van der Waals surface area contributed by atoms with E-state index < -0.39 is 0 Å². The van der Waals surface area contributed by atoms with Crippen LogP contribution in [0.2, 0.25) is 5.15 Å². The molecule has 0 saturated heterocycles. The molecule has 70 valence electrons. The summed E-state index contributed by atoms with van der Waals surface area (Å²) in [7, 11) is 0. The van der Waals surface area contributed by atoms with Gasteiger partial charge in [-0.2, -0.15) is 24.3 Å². The molecule has 0 fully saturated rings. The fourth-order valence-corrected chi connectivity index (χ4v) is 1.64. The van der Waals surface area contributed by atoms with Gasteiger partial charge in [0.15, 0.2) is 0 Å². The molecule has 0 aliphatic heterocycles. The van der Waals surface area contributed by atoms with Gasteiger partial charge < -0.3 is 4.98 Å². The van der Waals surface area contributed by atoms with E-state index in [1.807, 2.05) is 31.2 Å². The van der Waals surface area contributed by atoms with Crippen molar-refractivity contribution < 1.29 is 29.6 Å². The van der Waals surface area contributed by atoms with Crippen molar-refractivity contribution in [3.63, 3.8) is 0 Å². The summed E-state index contributed by atoms with van der Waals surface area (Å²) in [6, 6.07) is 10.6. The Balaban J connectivity index is 0.00000112. The molecule has 0 unspecified atom stereocenters. The standard InChI is InChI=1S/C12H9ClN.Na/c1-8(2)10-7-9-5-3-4-6-11(9)14-12(10)13;/h3,5-7H,1H2,2H3;/q-1;+1. The third-order valence-corrected chi connectivity index (χ3v) is 2.36. The van der Waals surface area contributed by atoms with Gasteiger partial charge in [0.25, 0.3) is 0 Å². The Kier molecular flexibility index (Phi) is 4.35. The molecular weight excluding hydrogens is 217 g/mol. The summed E-state index contributed by atoms with van der Waals surface area (Å²) in [6.07, 6.45) is 0. The van der Waals surface area contributed by atoms with Gasteiger partial charge in [0.2, 0.25) is 0 Å². The first-order chi connectivity index (χ1) is 6.68. The minimum Gasteiger partial charge on any atom is -0.302 e. The minimum absolute atomic E-state index is 0. The number of halogens is 1. The number of benzene rings is 1. The van der Waals surface area contributed by atoms with Gasteiger partial charge in [0, 0.05) is 5.56 Å². The zero-order valence-electron chi connectivity index (χ0n) is 8.84. The molecule has 0 atom stereocenters. The van der Waals surface area contributed by atoms with Crippen LogP contribution in [-0.4, -0.2) is 4.98 Å². The summed E-state index contributed by atoms with van der Waals surface area (Å²) in [6.45, 7) is 5.78. The number of aromatic nitrogens is 1. The Bertz CT molecular complexity index is 508. The summed E-state index contributed by atoms with van der Waals surface area (Å²) in [5.41, 5.74) is 2.70. The van der Waals surface area contributed by atoms with Gasteiger partial charge in [-0.15, -0.1) is 5.39 Å². The second-order valence-corrected chi connectivity index (χ2v) is 3.58. The molecule has 2 aromatic rings. The maximum absolute atomic E-state index is 6.01. The number of fused-ring (bicyclic) bond motifs is 1. The molecular formula is C12H9ClNNa. The maximum Gasteiger partial charge on any atom is 1.00 e. The number of pyridine rings is 1. The van der Waals surface area contributed by atoms with E-state index in [4.69, 9.17) is 11.6 Å². The molecule has 15 heavy (non-hydrogen) atoms. The summed E-state index contributed by atoms with van der Waals surface area (Å²) >= 11 is 6.01. The molecule has 0 spiro atoms. The molecule has 1 aromatic carbocycles. The largest absolute Gasteiger partial charge is 1.00 e. The minimum atomic E-state index is 0. The quantitative estimate of drug-likeness (QED) is 0.396. The zero-order valence-corrected chi connectivity index (χ0v) is 11.6. The number of allylic oxidation sites excluding steroid dienone is 1. The SMILES string of the molecule is C=C(C)c1cc2cc[c-]cc2nc1Cl.[Na+]. The van der Waals surface area contributed by atoms with Crippen LogP contribution in [0.15, 0.2) is 30.8 Å². The number of rotatable bonds is 1. The van der Waals surface area contributed by atoms with E-state index in [1.54, 1.807) is 0 Å². The molecule has 0 saturated carbocycles. The Morgan fingerprint density at radius 3 is 2.93 bits per heavy atom. The molecule has 0 N–H and O–H groups in total. The van der Waals surface area contributed by atoms with E-state index in [2.05, 4.69) is 17.6 Å². The normalized spacial score (nSPS) is 9.73. The molecule has 2 rings (SSSR count). The van der Waals surface area contributed by atoms with Crippen molar-refractivity contribution in [1.29, 1.82) is 0 Å². The number of nitrogens with zero attached hydrogens (tertiary/aromatic N) is 1. The Labute approximate surface area is 116 Å². The molecule has 3 heteroatoms. The summed E-state index contributed by atoms with van der Waals surface area (Å²) in [5.74, 6) is 0. The van der Waals surface area contributed by atoms with Crippen molar-refractivity contribution in [3.8, 4) is 0 Å². The number of hydrogen-bond donors (Lipinski definition) is 0. The summed E-state index contributed by atoms with van der Waals surface area (Å²) < 4.78 is 0. The van der Waals surface area contributed by atoms with Crippen LogP contribution in [0.4, 0.5) is 0 Å². The van der Waals surface area contributed by atoms with Crippen LogP contribution >= 0.6 is 11.6 Å². The van der Waals surface area contributed by atoms with Crippen molar-refractivity contribution in [1.82, 2.24) is 4.98 Å². The zero-order chi connectivity index (χ0) is 10.1. The van der Waals surface area contributed by atoms with Crippen LogP contribution in [0, 0.1) is 6.07 Å². The van der Waals surface area contributed by atoms with Crippen molar-refractivity contribution in [2.45, 2.75) is 6.92 Å². The molecule has 0 aliphatic rings. The molecule has 1 nitrogen and oxygen atoms in total. The maximum atomic E-state index is 6.01. The van der Waals surface area contributed by atoms with Crippen molar-refractivity contribution in [3.05, 3.63) is 47.6 Å². The summed E-state index contributed by atoms with van der Waals surface area (Å²) in [4.78, 5) is 4.27. The van der Waals surface area contributed by atoms with Crippen LogP contribution in [0.1, 0.15) is 12.5 Å². The molecule has 1 aromatic heterocycles. The van der Waals surface area contributed by atoms with E-state index in [-0.39, 0.29) is 29.6 Å². The predicted octanol–water partition coefficient (Wildman–Crippen LogP) is 0.725.